The first kappa shape index (κ1) is 40.3. The molecule has 0 atom stereocenters. The zero-order valence-corrected chi connectivity index (χ0v) is 37.7. The quantitative estimate of drug-likeness (QED) is 0.122. The summed E-state index contributed by atoms with van der Waals surface area (Å²) in [5.41, 5.74) is 17.4. The molecule has 3 heterocycles. The minimum atomic E-state index is -0.0953. The predicted octanol–water partition coefficient (Wildman–Crippen LogP) is 16.0. The van der Waals surface area contributed by atoms with Crippen molar-refractivity contribution in [1.29, 1.82) is 0 Å². The molecule has 0 saturated carbocycles. The Bertz CT molecular complexity index is 3470. The van der Waals surface area contributed by atoms with Crippen LogP contribution in [0.1, 0.15) is 58.9 Å². The highest BCUT2D eigenvalue weighted by molar-refractivity contribution is 6.17. The van der Waals surface area contributed by atoms with E-state index in [1.54, 1.807) is 0 Å². The first-order valence-electron chi connectivity index (χ1n) is 23.2. The fourth-order valence-electron chi connectivity index (χ4n) is 10.0. The number of benzene rings is 8. The molecule has 318 valence electrons. The summed E-state index contributed by atoms with van der Waals surface area (Å²) in [5, 5.41) is 2.58. The molecule has 11 rings (SSSR count). The highest BCUT2D eigenvalue weighted by atomic mass is 15.1. The molecule has 0 unspecified atom stereocenters. The number of nitrogens with zero attached hydrogens (tertiary/aromatic N) is 5. The Labute approximate surface area is 381 Å². The Balaban J connectivity index is 1.08. The summed E-state index contributed by atoms with van der Waals surface area (Å²) in [6.45, 7) is 10.3. The van der Waals surface area contributed by atoms with Crippen molar-refractivity contribution < 1.29 is 0 Å². The fourth-order valence-corrected chi connectivity index (χ4v) is 10.0. The lowest BCUT2D eigenvalue weighted by atomic mass is 9.80. The molecule has 5 heteroatoms. The Morgan fingerprint density at radius 1 is 0.431 bits per heavy atom. The lowest BCUT2D eigenvalue weighted by Gasteiger charge is -2.25. The van der Waals surface area contributed by atoms with E-state index in [0.717, 1.165) is 69.2 Å². The normalized spacial score (nSPS) is 12.0. The van der Waals surface area contributed by atoms with E-state index in [2.05, 4.69) is 229 Å². The van der Waals surface area contributed by atoms with E-state index >= 15 is 0 Å². The summed E-state index contributed by atoms with van der Waals surface area (Å²) in [4.78, 5) is 10.4. The van der Waals surface area contributed by atoms with Crippen molar-refractivity contribution >= 4 is 43.9 Å². The largest absolute Gasteiger partial charge is 0.339 e. The summed E-state index contributed by atoms with van der Waals surface area (Å²) in [7, 11) is 0. The first-order chi connectivity index (χ1) is 31.9. The second kappa shape index (κ2) is 16.6. The van der Waals surface area contributed by atoms with Gasteiger partial charge in [0.2, 0.25) is 0 Å². The second-order valence-corrected chi connectivity index (χ2v) is 18.4. The van der Waals surface area contributed by atoms with E-state index in [4.69, 9.17) is 9.97 Å². The van der Waals surface area contributed by atoms with Gasteiger partial charge in [0, 0.05) is 50.9 Å². The third-order valence-electron chi connectivity index (χ3n) is 13.1. The monoisotopic (exact) mass is 843 g/mol. The highest BCUT2D eigenvalue weighted by Gasteiger charge is 2.26. The average molecular weight is 844 g/mol. The van der Waals surface area contributed by atoms with E-state index in [1.165, 1.54) is 68.9 Å². The standard InChI is InChI=1S/C60H53N5/c1-5-6-7-18-40-63-56-47(41-30-34-43(35-31-41)58-61-51-26-14-16-28-53(51)64(58)45-20-10-8-11-21-45)24-19-25-48(56)49-38-39-50(60(2,3)4)55(57(49)63)42-32-36-44(37-33-42)59-62-52-27-15-17-29-54(52)65(59)46-22-12-9-13-23-46/h8-17,19-39H,5-7,18,40H2,1-4H3. The molecule has 0 fully saturated rings. The lowest BCUT2D eigenvalue weighted by Crippen LogP contribution is -2.14. The van der Waals surface area contributed by atoms with Crippen molar-refractivity contribution in [1.82, 2.24) is 23.7 Å². The SMILES string of the molecule is CCCCCCn1c2c(-c3ccc(-c4nc5ccccc5n4-c4ccccc4)cc3)cccc2c2ccc(C(C)(C)C)c(-c3ccc(-c4nc5ccccc5n4-c4ccccc4)cc3)c21. The molecule has 0 amide bonds. The van der Waals surface area contributed by atoms with Crippen LogP contribution in [-0.2, 0) is 12.0 Å². The number of aromatic nitrogens is 5. The molecule has 0 bridgehead atoms. The minimum absolute atomic E-state index is 0.0953. The second-order valence-electron chi connectivity index (χ2n) is 18.4. The number of fused-ring (bicyclic) bond motifs is 5. The van der Waals surface area contributed by atoms with Gasteiger partial charge in [-0.2, -0.15) is 0 Å². The third kappa shape index (κ3) is 7.12. The van der Waals surface area contributed by atoms with Gasteiger partial charge in [0.1, 0.15) is 11.6 Å². The number of para-hydroxylation sites is 7. The topological polar surface area (TPSA) is 40.6 Å². The van der Waals surface area contributed by atoms with Crippen LogP contribution in [0.15, 0.2) is 188 Å². The molecule has 11 aromatic rings. The van der Waals surface area contributed by atoms with Gasteiger partial charge >= 0.3 is 0 Å². The molecule has 0 N–H and O–H groups in total. The van der Waals surface area contributed by atoms with E-state index in [1.807, 2.05) is 0 Å². The van der Waals surface area contributed by atoms with Gasteiger partial charge in [0.05, 0.1) is 33.1 Å². The maximum atomic E-state index is 5.20. The summed E-state index contributed by atoms with van der Waals surface area (Å²) < 4.78 is 7.23. The number of rotatable bonds is 11. The summed E-state index contributed by atoms with van der Waals surface area (Å²) in [5.74, 6) is 1.88. The van der Waals surface area contributed by atoms with Crippen molar-refractivity contribution in [2.45, 2.75) is 65.3 Å². The number of hydrogen-bond donors (Lipinski definition) is 0. The van der Waals surface area contributed by atoms with Gasteiger partial charge in [-0.05, 0) is 77.1 Å². The molecule has 0 aliphatic carbocycles. The van der Waals surface area contributed by atoms with Crippen LogP contribution in [0.3, 0.4) is 0 Å². The Hall–Kier alpha value is -7.50. The van der Waals surface area contributed by atoms with Crippen LogP contribution >= 0.6 is 0 Å². The van der Waals surface area contributed by atoms with E-state index < -0.39 is 0 Å². The molecule has 0 aliphatic heterocycles. The molecule has 0 spiro atoms. The molecule has 3 aromatic heterocycles. The van der Waals surface area contributed by atoms with Gasteiger partial charge in [-0.25, -0.2) is 9.97 Å². The van der Waals surface area contributed by atoms with Crippen molar-refractivity contribution in [3.05, 3.63) is 194 Å². The molecular weight excluding hydrogens is 791 g/mol. The maximum absolute atomic E-state index is 5.20. The molecular formula is C60H53N5. The van der Waals surface area contributed by atoms with Crippen molar-refractivity contribution in [3.63, 3.8) is 0 Å². The molecule has 0 radical (unpaired) electrons. The Morgan fingerprint density at radius 3 is 1.49 bits per heavy atom. The minimum Gasteiger partial charge on any atom is -0.339 e. The number of aryl methyl sites for hydroxylation is 1. The van der Waals surface area contributed by atoms with Gasteiger partial charge in [-0.1, -0.05) is 186 Å². The van der Waals surface area contributed by atoms with Crippen LogP contribution in [0.2, 0.25) is 0 Å². The van der Waals surface area contributed by atoms with Crippen LogP contribution in [0.4, 0.5) is 0 Å². The molecule has 5 nitrogen and oxygen atoms in total. The summed E-state index contributed by atoms with van der Waals surface area (Å²) in [6, 6.07) is 67.9. The fraction of sp³-hybridized carbons (Fsp3) is 0.167. The van der Waals surface area contributed by atoms with Crippen molar-refractivity contribution in [2.75, 3.05) is 0 Å². The molecule has 65 heavy (non-hydrogen) atoms. The smallest absolute Gasteiger partial charge is 0.145 e. The maximum Gasteiger partial charge on any atom is 0.145 e. The average Bonchev–Trinajstić information content (AvgIpc) is 4.03. The molecule has 0 saturated heterocycles. The van der Waals surface area contributed by atoms with Crippen LogP contribution < -0.4 is 0 Å². The summed E-state index contributed by atoms with van der Waals surface area (Å²) in [6.07, 6.45) is 4.74. The van der Waals surface area contributed by atoms with Crippen LogP contribution in [-0.4, -0.2) is 23.7 Å². The van der Waals surface area contributed by atoms with E-state index in [-0.39, 0.29) is 5.41 Å². The van der Waals surface area contributed by atoms with Gasteiger partial charge < -0.3 is 4.57 Å². The van der Waals surface area contributed by atoms with Gasteiger partial charge in [-0.15, -0.1) is 0 Å². The summed E-state index contributed by atoms with van der Waals surface area (Å²) >= 11 is 0. The number of unbranched alkanes of at least 4 members (excludes halogenated alkanes) is 3. The van der Waals surface area contributed by atoms with Gasteiger partial charge in [-0.3, -0.25) is 9.13 Å². The Morgan fingerprint density at radius 2 is 0.938 bits per heavy atom. The van der Waals surface area contributed by atoms with Crippen molar-refractivity contribution in [3.8, 4) is 56.4 Å². The molecule has 8 aromatic carbocycles. The zero-order valence-electron chi connectivity index (χ0n) is 37.7. The molecule has 0 aliphatic rings. The van der Waals surface area contributed by atoms with Crippen LogP contribution in [0, 0.1) is 0 Å². The lowest BCUT2D eigenvalue weighted by molar-refractivity contribution is 0.589. The van der Waals surface area contributed by atoms with Gasteiger partial charge in [0.25, 0.3) is 0 Å². The third-order valence-corrected chi connectivity index (χ3v) is 13.1. The predicted molar refractivity (Wildman–Crippen MR) is 273 cm³/mol. The first-order valence-corrected chi connectivity index (χ1v) is 23.2. The van der Waals surface area contributed by atoms with E-state index in [9.17, 15) is 0 Å². The van der Waals surface area contributed by atoms with E-state index in [0.29, 0.717) is 0 Å². The zero-order chi connectivity index (χ0) is 44.1. The van der Waals surface area contributed by atoms with Crippen LogP contribution in [0.25, 0.3) is 100 Å². The Kier molecular flexibility index (Phi) is 10.3. The number of imidazole rings is 2. The van der Waals surface area contributed by atoms with Crippen molar-refractivity contribution in [2.24, 2.45) is 0 Å². The van der Waals surface area contributed by atoms with Gasteiger partial charge in [0.15, 0.2) is 0 Å². The van der Waals surface area contributed by atoms with Crippen LogP contribution in [0.5, 0.6) is 0 Å². The highest BCUT2D eigenvalue weighted by Crippen LogP contribution is 2.45. The number of hydrogen-bond acceptors (Lipinski definition) is 2.